The number of thioether (sulfide) groups is 1. The van der Waals surface area contributed by atoms with Gasteiger partial charge >= 0.3 is 5.69 Å². The van der Waals surface area contributed by atoms with Crippen molar-refractivity contribution >= 4 is 11.8 Å². The topological polar surface area (TPSA) is 67.9 Å². The average Bonchev–Trinajstić information content (AvgIpc) is 2.71. The number of hydrogen-bond donors (Lipinski definition) is 0. The van der Waals surface area contributed by atoms with Crippen molar-refractivity contribution in [2.45, 2.75) is 23.7 Å². The second-order valence-corrected chi connectivity index (χ2v) is 7.20. The van der Waals surface area contributed by atoms with Gasteiger partial charge in [0.15, 0.2) is 6.61 Å². The van der Waals surface area contributed by atoms with E-state index in [9.17, 15) is 4.79 Å². The molecule has 1 aliphatic rings. The summed E-state index contributed by atoms with van der Waals surface area (Å²) in [5, 5.41) is 9.40. The fourth-order valence-corrected chi connectivity index (χ4v) is 4.04. The van der Waals surface area contributed by atoms with Crippen LogP contribution in [0.2, 0.25) is 0 Å². The van der Waals surface area contributed by atoms with Crippen LogP contribution in [0.15, 0.2) is 64.4 Å². The van der Waals surface area contributed by atoms with Gasteiger partial charge in [0, 0.05) is 17.9 Å². The first-order valence-electron chi connectivity index (χ1n) is 8.66. The minimum Gasteiger partial charge on any atom is -0.479 e. The van der Waals surface area contributed by atoms with Crippen molar-refractivity contribution in [2.75, 3.05) is 6.61 Å². The summed E-state index contributed by atoms with van der Waals surface area (Å²) >= 11 is 1.56. The Morgan fingerprint density at radius 2 is 2.04 bits per heavy atom. The number of hydrogen-bond acceptors (Lipinski definition) is 5. The molecule has 27 heavy (non-hydrogen) atoms. The predicted octanol–water partition coefficient (Wildman–Crippen LogP) is 3.66. The first kappa shape index (κ1) is 17.4. The van der Waals surface area contributed by atoms with E-state index in [4.69, 9.17) is 10.00 Å². The van der Waals surface area contributed by atoms with Gasteiger partial charge in [-0.05, 0) is 41.8 Å². The Labute approximate surface area is 161 Å². The summed E-state index contributed by atoms with van der Waals surface area (Å²) in [6.07, 6.45) is 0.740. The van der Waals surface area contributed by atoms with Crippen LogP contribution in [0.3, 0.4) is 0 Å². The Hall–Kier alpha value is -3.04. The van der Waals surface area contributed by atoms with Crippen LogP contribution < -0.4 is 10.4 Å². The van der Waals surface area contributed by atoms with E-state index in [0.29, 0.717) is 12.3 Å². The highest BCUT2D eigenvalue weighted by Crippen LogP contribution is 2.33. The molecule has 2 heterocycles. The van der Waals surface area contributed by atoms with Gasteiger partial charge in [-0.2, -0.15) is 10.2 Å². The second-order valence-electron chi connectivity index (χ2n) is 6.20. The SMILES string of the molecule is N#CCOc1ccc2c(c1)CCn1c-2cc(SCc2ccccc2)nc1=O. The molecule has 0 bridgehead atoms. The molecular formula is C21H17N3O2S. The van der Waals surface area contributed by atoms with Gasteiger partial charge in [0.1, 0.15) is 16.8 Å². The van der Waals surface area contributed by atoms with E-state index in [0.717, 1.165) is 34.0 Å². The summed E-state index contributed by atoms with van der Waals surface area (Å²) in [5.74, 6) is 1.45. The smallest absolute Gasteiger partial charge is 0.349 e. The van der Waals surface area contributed by atoms with Gasteiger partial charge in [-0.1, -0.05) is 30.3 Å². The molecule has 4 rings (SSSR count). The van der Waals surface area contributed by atoms with Gasteiger partial charge in [-0.15, -0.1) is 11.8 Å². The number of ether oxygens (including phenoxy) is 1. The lowest BCUT2D eigenvalue weighted by molar-refractivity contribution is 0.367. The molecule has 3 aromatic rings. The molecule has 0 radical (unpaired) electrons. The van der Waals surface area contributed by atoms with Gasteiger partial charge in [-0.3, -0.25) is 4.57 Å². The molecule has 0 N–H and O–H groups in total. The monoisotopic (exact) mass is 375 g/mol. The Balaban J connectivity index is 1.64. The van der Waals surface area contributed by atoms with Crippen LogP contribution in [0, 0.1) is 11.3 Å². The van der Waals surface area contributed by atoms with Crippen LogP contribution in [-0.2, 0) is 18.7 Å². The van der Waals surface area contributed by atoms with Crippen molar-refractivity contribution in [2.24, 2.45) is 0 Å². The first-order chi connectivity index (χ1) is 13.2. The molecule has 1 aliphatic heterocycles. The van der Waals surface area contributed by atoms with Crippen molar-refractivity contribution in [3.63, 3.8) is 0 Å². The summed E-state index contributed by atoms with van der Waals surface area (Å²) in [6.45, 7) is 0.624. The minimum atomic E-state index is -0.210. The van der Waals surface area contributed by atoms with Gasteiger partial charge < -0.3 is 4.74 Å². The van der Waals surface area contributed by atoms with E-state index in [1.165, 1.54) is 5.56 Å². The highest BCUT2D eigenvalue weighted by molar-refractivity contribution is 7.98. The highest BCUT2D eigenvalue weighted by Gasteiger charge is 2.19. The summed E-state index contributed by atoms with van der Waals surface area (Å²) in [7, 11) is 0. The van der Waals surface area contributed by atoms with E-state index in [2.05, 4.69) is 17.1 Å². The Bertz CT molecular complexity index is 1070. The van der Waals surface area contributed by atoms with Crippen molar-refractivity contribution < 1.29 is 4.74 Å². The van der Waals surface area contributed by atoms with Crippen LogP contribution in [0.1, 0.15) is 11.1 Å². The molecule has 0 atom stereocenters. The number of benzene rings is 2. The van der Waals surface area contributed by atoms with Crippen molar-refractivity contribution in [1.82, 2.24) is 9.55 Å². The molecule has 0 aliphatic carbocycles. The Morgan fingerprint density at radius 3 is 2.85 bits per heavy atom. The van der Waals surface area contributed by atoms with Crippen LogP contribution >= 0.6 is 11.8 Å². The lowest BCUT2D eigenvalue weighted by Gasteiger charge is -2.22. The summed E-state index contributed by atoms with van der Waals surface area (Å²) in [5.41, 5.74) is 4.01. The van der Waals surface area contributed by atoms with E-state index in [1.54, 1.807) is 16.3 Å². The molecule has 1 aromatic heterocycles. The number of rotatable bonds is 5. The fourth-order valence-electron chi connectivity index (χ4n) is 3.19. The highest BCUT2D eigenvalue weighted by atomic mass is 32.2. The van der Waals surface area contributed by atoms with E-state index < -0.39 is 0 Å². The molecule has 0 spiro atoms. The minimum absolute atomic E-state index is 0.0268. The van der Waals surface area contributed by atoms with Crippen molar-refractivity contribution in [3.05, 3.63) is 76.2 Å². The van der Waals surface area contributed by atoms with Crippen LogP contribution in [-0.4, -0.2) is 16.2 Å². The van der Waals surface area contributed by atoms with Crippen molar-refractivity contribution in [1.29, 1.82) is 5.26 Å². The normalized spacial score (nSPS) is 12.0. The first-order valence-corrected chi connectivity index (χ1v) is 9.65. The van der Waals surface area contributed by atoms with Gasteiger partial charge in [0.2, 0.25) is 0 Å². The number of aryl methyl sites for hydroxylation is 1. The number of nitriles is 1. The summed E-state index contributed by atoms with van der Waals surface area (Å²) in [6, 6.07) is 19.9. The van der Waals surface area contributed by atoms with E-state index >= 15 is 0 Å². The van der Waals surface area contributed by atoms with Crippen LogP contribution in [0.4, 0.5) is 0 Å². The maximum Gasteiger partial charge on any atom is 0.349 e. The lowest BCUT2D eigenvalue weighted by Crippen LogP contribution is -2.28. The molecule has 0 amide bonds. The molecule has 2 aromatic carbocycles. The van der Waals surface area contributed by atoms with E-state index in [-0.39, 0.29) is 12.3 Å². The molecule has 0 saturated carbocycles. The van der Waals surface area contributed by atoms with Gasteiger partial charge in [-0.25, -0.2) is 4.79 Å². The fraction of sp³-hybridized carbons (Fsp3) is 0.190. The zero-order valence-corrected chi connectivity index (χ0v) is 15.4. The van der Waals surface area contributed by atoms with E-state index in [1.807, 2.05) is 48.5 Å². The van der Waals surface area contributed by atoms with Crippen LogP contribution in [0.5, 0.6) is 5.75 Å². The standard InChI is InChI=1S/C21H17N3O2S/c22-9-11-26-17-6-7-18-16(12-17)8-10-24-19(18)13-20(23-21(24)25)27-14-15-4-2-1-3-5-15/h1-7,12-13H,8,10-11,14H2. The third-order valence-electron chi connectivity index (χ3n) is 4.48. The number of aromatic nitrogens is 2. The second kappa shape index (κ2) is 7.68. The third-order valence-corrected chi connectivity index (χ3v) is 5.46. The zero-order chi connectivity index (χ0) is 18.6. The molecule has 134 valence electrons. The molecule has 6 heteroatoms. The molecule has 0 fully saturated rings. The molecule has 0 unspecified atom stereocenters. The maximum absolute atomic E-state index is 12.5. The molecule has 5 nitrogen and oxygen atoms in total. The van der Waals surface area contributed by atoms with Crippen molar-refractivity contribution in [3.8, 4) is 23.1 Å². The maximum atomic E-state index is 12.5. The quantitative estimate of drug-likeness (QED) is 0.503. The van der Waals surface area contributed by atoms with Gasteiger partial charge in [0.25, 0.3) is 0 Å². The lowest BCUT2D eigenvalue weighted by atomic mass is 9.97. The number of nitrogens with zero attached hydrogens (tertiary/aromatic N) is 3. The molecule has 0 saturated heterocycles. The predicted molar refractivity (Wildman–Crippen MR) is 105 cm³/mol. The van der Waals surface area contributed by atoms with Crippen LogP contribution in [0.25, 0.3) is 11.3 Å². The Kier molecular flexibility index (Phi) is 4.95. The molecular weight excluding hydrogens is 358 g/mol. The largest absolute Gasteiger partial charge is 0.479 e. The Morgan fingerprint density at radius 1 is 1.19 bits per heavy atom. The summed E-state index contributed by atoms with van der Waals surface area (Å²) in [4.78, 5) is 16.7. The summed E-state index contributed by atoms with van der Waals surface area (Å²) < 4.78 is 7.13. The average molecular weight is 375 g/mol. The third kappa shape index (κ3) is 3.74. The number of fused-ring (bicyclic) bond motifs is 3. The zero-order valence-electron chi connectivity index (χ0n) is 14.6. The van der Waals surface area contributed by atoms with Gasteiger partial charge in [0.05, 0.1) is 5.69 Å².